The molecule has 0 heterocycles. The van der Waals surface area contributed by atoms with Crippen molar-refractivity contribution in [3.63, 3.8) is 0 Å². The molecule has 3 rings (SSSR count). The number of methoxy groups -OCH3 is 2. The van der Waals surface area contributed by atoms with Crippen molar-refractivity contribution in [3.05, 3.63) is 78.9 Å². The van der Waals surface area contributed by atoms with Gasteiger partial charge in [0, 0.05) is 5.69 Å². The minimum atomic E-state index is -3.88. The van der Waals surface area contributed by atoms with Crippen molar-refractivity contribution in [1.82, 2.24) is 0 Å². The van der Waals surface area contributed by atoms with Crippen molar-refractivity contribution >= 4 is 13.4 Å². The number of nitrogens with one attached hydrogen (secondary N) is 1. The number of hydrogen-bond donors (Lipinski definition) is 1. The van der Waals surface area contributed by atoms with E-state index in [-0.39, 0.29) is 0 Å². The van der Waals surface area contributed by atoms with Crippen LogP contribution in [0.4, 0.5) is 5.69 Å². The molecule has 0 radical (unpaired) electrons. The van der Waals surface area contributed by atoms with E-state index >= 15 is 0 Å². The van der Waals surface area contributed by atoms with Crippen molar-refractivity contribution in [2.75, 3.05) is 19.3 Å². The highest BCUT2D eigenvalue weighted by atomic mass is 31.2. The van der Waals surface area contributed by atoms with Crippen LogP contribution in [0.3, 0.4) is 0 Å². The van der Waals surface area contributed by atoms with Crippen LogP contribution in [0.5, 0.6) is 23.0 Å². The third kappa shape index (κ3) is 4.74. The summed E-state index contributed by atoms with van der Waals surface area (Å²) in [6, 6.07) is 22.9. The summed E-state index contributed by atoms with van der Waals surface area (Å²) in [5, 5.41) is 2.85. The third-order valence-corrected chi connectivity index (χ3v) is 5.02. The standard InChI is InChI=1S/C20H20NO5P/c1-23-17-12-6-8-14-19(17)25-27(22,21-16-10-4-3-5-11-16)26-20-15-9-7-13-18(20)24-2/h3-15H,1-2H3,(H,21,22). The molecule has 27 heavy (non-hydrogen) atoms. The molecule has 6 nitrogen and oxygen atoms in total. The largest absolute Gasteiger partial charge is 0.541 e. The maximum atomic E-state index is 13.6. The van der Waals surface area contributed by atoms with Crippen LogP contribution in [0.2, 0.25) is 0 Å². The lowest BCUT2D eigenvalue weighted by Gasteiger charge is -2.22. The van der Waals surface area contributed by atoms with Gasteiger partial charge in [-0.1, -0.05) is 42.5 Å². The molecule has 0 aliphatic rings. The van der Waals surface area contributed by atoms with Gasteiger partial charge in [0.15, 0.2) is 23.0 Å². The zero-order chi connectivity index (χ0) is 19.1. The van der Waals surface area contributed by atoms with Crippen molar-refractivity contribution in [2.24, 2.45) is 0 Å². The van der Waals surface area contributed by atoms with Crippen LogP contribution in [0.15, 0.2) is 78.9 Å². The molecule has 0 aliphatic carbocycles. The van der Waals surface area contributed by atoms with Gasteiger partial charge in [-0.2, -0.15) is 0 Å². The summed E-state index contributed by atoms with van der Waals surface area (Å²) < 4.78 is 35.7. The van der Waals surface area contributed by atoms with E-state index in [0.29, 0.717) is 28.7 Å². The first-order valence-electron chi connectivity index (χ1n) is 8.22. The van der Waals surface area contributed by atoms with Gasteiger partial charge in [-0.3, -0.25) is 5.09 Å². The Kier molecular flexibility index (Phi) is 5.89. The average Bonchev–Trinajstić information content (AvgIpc) is 2.69. The van der Waals surface area contributed by atoms with E-state index < -0.39 is 7.75 Å². The van der Waals surface area contributed by atoms with Gasteiger partial charge in [0.2, 0.25) is 0 Å². The maximum absolute atomic E-state index is 13.6. The fourth-order valence-electron chi connectivity index (χ4n) is 2.38. The molecule has 7 heteroatoms. The molecule has 0 fully saturated rings. The zero-order valence-electron chi connectivity index (χ0n) is 15.0. The van der Waals surface area contributed by atoms with Crippen LogP contribution in [0.25, 0.3) is 0 Å². The second-order valence-electron chi connectivity index (χ2n) is 5.46. The molecule has 0 spiro atoms. The summed E-state index contributed by atoms with van der Waals surface area (Å²) in [4.78, 5) is 0. The molecule has 0 saturated carbocycles. The first-order chi connectivity index (χ1) is 13.1. The van der Waals surface area contributed by atoms with Gasteiger partial charge in [0.25, 0.3) is 0 Å². The minimum Gasteiger partial charge on any atom is -0.493 e. The van der Waals surface area contributed by atoms with Gasteiger partial charge < -0.3 is 18.5 Å². The van der Waals surface area contributed by atoms with Crippen molar-refractivity contribution in [3.8, 4) is 23.0 Å². The predicted molar refractivity (Wildman–Crippen MR) is 105 cm³/mol. The molecule has 0 bridgehead atoms. The molecule has 0 saturated heterocycles. The normalized spacial score (nSPS) is 10.7. The lowest BCUT2D eigenvalue weighted by molar-refractivity contribution is 0.350. The molecule has 3 aromatic rings. The fourth-order valence-corrected chi connectivity index (χ4v) is 3.80. The van der Waals surface area contributed by atoms with Crippen molar-refractivity contribution in [1.29, 1.82) is 0 Å². The molecule has 1 N–H and O–H groups in total. The Hall–Kier alpha value is -3.11. The lowest BCUT2D eigenvalue weighted by atomic mass is 10.3. The van der Waals surface area contributed by atoms with E-state index in [1.807, 2.05) is 18.2 Å². The van der Waals surface area contributed by atoms with E-state index in [1.165, 1.54) is 14.2 Å². The van der Waals surface area contributed by atoms with Gasteiger partial charge in [-0.15, -0.1) is 0 Å². The summed E-state index contributed by atoms with van der Waals surface area (Å²) in [7, 11) is -0.850. The quantitative estimate of drug-likeness (QED) is 0.525. The number of rotatable bonds is 8. The first kappa shape index (κ1) is 18.7. The highest BCUT2D eigenvalue weighted by Crippen LogP contribution is 2.51. The van der Waals surface area contributed by atoms with Gasteiger partial charge >= 0.3 is 7.75 Å². The van der Waals surface area contributed by atoms with Crippen LogP contribution in [-0.2, 0) is 4.57 Å². The van der Waals surface area contributed by atoms with Crippen LogP contribution in [-0.4, -0.2) is 14.2 Å². The van der Waals surface area contributed by atoms with E-state index in [1.54, 1.807) is 60.7 Å². The molecule has 0 aliphatic heterocycles. The Bertz CT molecular complexity index is 879. The van der Waals surface area contributed by atoms with E-state index in [0.717, 1.165) is 0 Å². The predicted octanol–water partition coefficient (Wildman–Crippen LogP) is 5.38. The number of hydrogen-bond acceptors (Lipinski definition) is 5. The summed E-state index contributed by atoms with van der Waals surface area (Å²) in [6.45, 7) is 0. The molecule has 0 amide bonds. The van der Waals surface area contributed by atoms with Gasteiger partial charge in [0.05, 0.1) is 14.2 Å². The Balaban J connectivity index is 1.96. The Morgan fingerprint density at radius 3 is 1.48 bits per heavy atom. The summed E-state index contributed by atoms with van der Waals surface area (Å²) in [6.07, 6.45) is 0. The molecule has 0 atom stereocenters. The molecule has 0 aromatic heterocycles. The zero-order valence-corrected chi connectivity index (χ0v) is 15.9. The Morgan fingerprint density at radius 1 is 0.630 bits per heavy atom. The topological polar surface area (TPSA) is 66.0 Å². The van der Waals surface area contributed by atoms with Gasteiger partial charge in [-0.05, 0) is 36.4 Å². The van der Waals surface area contributed by atoms with Gasteiger partial charge in [0.1, 0.15) is 0 Å². The highest BCUT2D eigenvalue weighted by Gasteiger charge is 2.31. The molecular formula is C20H20NO5P. The summed E-state index contributed by atoms with van der Waals surface area (Å²) in [5.41, 5.74) is 0.589. The van der Waals surface area contributed by atoms with E-state index in [2.05, 4.69) is 5.09 Å². The van der Waals surface area contributed by atoms with Gasteiger partial charge in [-0.25, -0.2) is 4.57 Å². The number of para-hydroxylation sites is 5. The molecular weight excluding hydrogens is 365 g/mol. The maximum Gasteiger partial charge on any atom is 0.541 e. The van der Waals surface area contributed by atoms with E-state index in [4.69, 9.17) is 18.5 Å². The van der Waals surface area contributed by atoms with E-state index in [9.17, 15) is 4.57 Å². The second kappa shape index (κ2) is 8.52. The SMILES string of the molecule is COc1ccccc1OP(=O)(Nc1ccccc1)Oc1ccccc1OC. The Morgan fingerprint density at radius 2 is 1.04 bits per heavy atom. The van der Waals surface area contributed by atoms with Crippen LogP contribution >= 0.6 is 7.75 Å². The third-order valence-electron chi connectivity index (χ3n) is 3.62. The van der Waals surface area contributed by atoms with Crippen LogP contribution in [0.1, 0.15) is 0 Å². The minimum absolute atomic E-state index is 0.293. The number of benzene rings is 3. The van der Waals surface area contributed by atoms with Crippen molar-refractivity contribution < 1.29 is 23.1 Å². The molecule has 0 unspecified atom stereocenters. The second-order valence-corrected chi connectivity index (χ2v) is 7.04. The first-order valence-corrected chi connectivity index (χ1v) is 9.76. The fraction of sp³-hybridized carbons (Fsp3) is 0.100. The molecule has 3 aromatic carbocycles. The average molecular weight is 385 g/mol. The molecule has 140 valence electrons. The van der Waals surface area contributed by atoms with Crippen LogP contribution < -0.4 is 23.6 Å². The van der Waals surface area contributed by atoms with Crippen LogP contribution in [0, 0.1) is 0 Å². The number of anilines is 1. The highest BCUT2D eigenvalue weighted by molar-refractivity contribution is 7.56. The summed E-state index contributed by atoms with van der Waals surface area (Å²) >= 11 is 0. The Labute approximate surface area is 158 Å². The summed E-state index contributed by atoms with van der Waals surface area (Å²) in [5.74, 6) is 1.47. The smallest absolute Gasteiger partial charge is 0.493 e. The lowest BCUT2D eigenvalue weighted by Crippen LogP contribution is -2.10. The van der Waals surface area contributed by atoms with Crippen molar-refractivity contribution in [2.45, 2.75) is 0 Å². The monoisotopic (exact) mass is 385 g/mol. The number of ether oxygens (including phenoxy) is 2.